The molecule has 84 valence electrons. The van der Waals surface area contributed by atoms with Gasteiger partial charge in [-0.05, 0) is 17.5 Å². The third kappa shape index (κ3) is 3.61. The Morgan fingerprint density at radius 1 is 1.47 bits per heavy atom. The van der Waals surface area contributed by atoms with E-state index in [2.05, 4.69) is 4.98 Å². The number of methoxy groups -OCH3 is 1. The minimum absolute atomic E-state index is 0.120. The number of rotatable bonds is 5. The van der Waals surface area contributed by atoms with Gasteiger partial charge in [0.1, 0.15) is 0 Å². The first-order valence-electron chi connectivity index (χ1n) is 5.25. The van der Waals surface area contributed by atoms with Crippen molar-refractivity contribution in [2.75, 3.05) is 7.11 Å². The molecule has 3 nitrogen and oxygen atoms in total. The number of ether oxygens (including phenoxy) is 1. The van der Waals surface area contributed by atoms with E-state index < -0.39 is 6.10 Å². The van der Waals surface area contributed by atoms with Gasteiger partial charge in [0, 0.05) is 25.9 Å². The highest BCUT2D eigenvalue weighted by molar-refractivity contribution is 5.10. The monoisotopic (exact) mass is 209 g/mol. The predicted molar refractivity (Wildman–Crippen MR) is 59.6 cm³/mol. The third-order valence-electron chi connectivity index (χ3n) is 2.48. The van der Waals surface area contributed by atoms with Gasteiger partial charge in [-0.25, -0.2) is 0 Å². The van der Waals surface area contributed by atoms with E-state index in [0.29, 0.717) is 12.3 Å². The Morgan fingerprint density at radius 2 is 2.20 bits per heavy atom. The first kappa shape index (κ1) is 12.1. The van der Waals surface area contributed by atoms with E-state index in [9.17, 15) is 5.11 Å². The fourth-order valence-electron chi connectivity index (χ4n) is 1.75. The molecule has 0 aliphatic heterocycles. The molecular formula is C12H19NO2. The summed E-state index contributed by atoms with van der Waals surface area (Å²) in [6.07, 6.45) is 3.50. The molecule has 1 N–H and O–H groups in total. The molecule has 0 fully saturated rings. The molecule has 0 radical (unpaired) electrons. The predicted octanol–water partition coefficient (Wildman–Crippen LogP) is 1.66. The Bertz CT molecular complexity index is 274. The highest BCUT2D eigenvalue weighted by atomic mass is 16.5. The van der Waals surface area contributed by atoms with Gasteiger partial charge in [0.2, 0.25) is 0 Å². The molecule has 0 aromatic carbocycles. The zero-order chi connectivity index (χ0) is 11.3. The number of nitrogens with zero attached hydrogens (tertiary/aromatic N) is 1. The average Bonchev–Trinajstić information content (AvgIpc) is 2.19. The van der Waals surface area contributed by atoms with Crippen LogP contribution in [0.4, 0.5) is 0 Å². The normalized spacial score (nSPS) is 15.3. The number of aromatic nitrogens is 1. The van der Waals surface area contributed by atoms with Gasteiger partial charge in [-0.2, -0.15) is 0 Å². The summed E-state index contributed by atoms with van der Waals surface area (Å²) in [5, 5.41) is 9.98. The van der Waals surface area contributed by atoms with Gasteiger partial charge in [0.05, 0.1) is 12.2 Å². The molecule has 0 aliphatic carbocycles. The molecule has 3 heteroatoms. The van der Waals surface area contributed by atoms with Crippen LogP contribution in [0, 0.1) is 5.92 Å². The molecular weight excluding hydrogens is 190 g/mol. The van der Waals surface area contributed by atoms with Crippen LogP contribution >= 0.6 is 0 Å². The fraction of sp³-hybridized carbons (Fsp3) is 0.583. The maximum atomic E-state index is 9.98. The number of hydrogen-bond donors (Lipinski definition) is 1. The number of aliphatic hydroxyl groups excluding tert-OH is 1. The van der Waals surface area contributed by atoms with Crippen LogP contribution in [0.25, 0.3) is 0 Å². The van der Waals surface area contributed by atoms with Crippen molar-refractivity contribution >= 4 is 0 Å². The summed E-state index contributed by atoms with van der Waals surface area (Å²) in [5.41, 5.74) is 1.03. The lowest BCUT2D eigenvalue weighted by Gasteiger charge is -2.24. The Labute approximate surface area is 91.1 Å². The zero-order valence-electron chi connectivity index (χ0n) is 9.55. The Kier molecular flexibility index (Phi) is 4.72. The summed E-state index contributed by atoms with van der Waals surface area (Å²) in [6.45, 7) is 4.08. The molecule has 1 aromatic rings. The molecule has 0 bridgehead atoms. The second kappa shape index (κ2) is 5.83. The van der Waals surface area contributed by atoms with Crippen molar-refractivity contribution in [3.05, 3.63) is 30.1 Å². The maximum absolute atomic E-state index is 9.98. The van der Waals surface area contributed by atoms with Gasteiger partial charge >= 0.3 is 0 Å². The molecule has 1 rings (SSSR count). The van der Waals surface area contributed by atoms with Crippen molar-refractivity contribution in [3.63, 3.8) is 0 Å². The molecule has 0 amide bonds. The van der Waals surface area contributed by atoms with Gasteiger partial charge in [-0.1, -0.05) is 19.9 Å². The van der Waals surface area contributed by atoms with Crippen molar-refractivity contribution < 1.29 is 9.84 Å². The van der Waals surface area contributed by atoms with Gasteiger partial charge < -0.3 is 9.84 Å². The number of aliphatic hydroxyl groups is 1. The molecule has 1 heterocycles. The highest BCUT2D eigenvalue weighted by Gasteiger charge is 2.22. The quantitative estimate of drug-likeness (QED) is 0.802. The molecule has 2 unspecified atom stereocenters. The third-order valence-corrected chi connectivity index (χ3v) is 2.48. The van der Waals surface area contributed by atoms with E-state index in [1.165, 1.54) is 0 Å². The van der Waals surface area contributed by atoms with Crippen molar-refractivity contribution in [1.82, 2.24) is 4.98 Å². The van der Waals surface area contributed by atoms with Crippen molar-refractivity contribution in [2.45, 2.75) is 32.5 Å². The van der Waals surface area contributed by atoms with Crippen LogP contribution in [0.1, 0.15) is 19.4 Å². The lowest BCUT2D eigenvalue weighted by atomic mass is 9.97. The zero-order valence-corrected chi connectivity index (χ0v) is 9.55. The van der Waals surface area contributed by atoms with E-state index >= 15 is 0 Å². The summed E-state index contributed by atoms with van der Waals surface area (Å²) in [6, 6.07) is 3.84. The fourth-order valence-corrected chi connectivity index (χ4v) is 1.75. The van der Waals surface area contributed by atoms with Crippen molar-refractivity contribution in [3.8, 4) is 0 Å². The van der Waals surface area contributed by atoms with Gasteiger partial charge in [-0.15, -0.1) is 0 Å². The molecule has 0 aliphatic rings. The molecule has 15 heavy (non-hydrogen) atoms. The van der Waals surface area contributed by atoms with Crippen LogP contribution in [-0.4, -0.2) is 29.4 Å². The van der Waals surface area contributed by atoms with E-state index in [-0.39, 0.29) is 6.10 Å². The minimum Gasteiger partial charge on any atom is -0.390 e. The lowest BCUT2D eigenvalue weighted by molar-refractivity contribution is -0.0368. The Balaban J connectivity index is 2.58. The number of hydrogen-bond acceptors (Lipinski definition) is 3. The average molecular weight is 209 g/mol. The number of pyridine rings is 1. The summed E-state index contributed by atoms with van der Waals surface area (Å²) in [4.78, 5) is 4.02. The van der Waals surface area contributed by atoms with Crippen molar-refractivity contribution in [2.24, 2.45) is 5.92 Å². The Hall–Kier alpha value is -0.930. The SMILES string of the molecule is COC(C(C)C)C(O)Cc1cccnc1. The summed E-state index contributed by atoms with van der Waals surface area (Å²) < 4.78 is 5.28. The molecule has 2 atom stereocenters. The lowest BCUT2D eigenvalue weighted by Crippen LogP contribution is -2.34. The molecule has 0 saturated heterocycles. The van der Waals surface area contributed by atoms with Crippen LogP contribution in [0.15, 0.2) is 24.5 Å². The largest absolute Gasteiger partial charge is 0.390 e. The van der Waals surface area contributed by atoms with Crippen LogP contribution in [-0.2, 0) is 11.2 Å². The summed E-state index contributed by atoms with van der Waals surface area (Å²) >= 11 is 0. The Morgan fingerprint density at radius 3 is 2.67 bits per heavy atom. The van der Waals surface area contributed by atoms with Gasteiger partial charge in [0.15, 0.2) is 0 Å². The summed E-state index contributed by atoms with van der Waals surface area (Å²) in [5.74, 6) is 0.307. The van der Waals surface area contributed by atoms with E-state index in [1.807, 2.05) is 26.0 Å². The topological polar surface area (TPSA) is 42.4 Å². The molecule has 1 aromatic heterocycles. The molecule has 0 spiro atoms. The smallest absolute Gasteiger partial charge is 0.0856 e. The van der Waals surface area contributed by atoms with Gasteiger partial charge in [0.25, 0.3) is 0 Å². The summed E-state index contributed by atoms with van der Waals surface area (Å²) in [7, 11) is 1.64. The van der Waals surface area contributed by atoms with Crippen LogP contribution < -0.4 is 0 Å². The van der Waals surface area contributed by atoms with Crippen LogP contribution in [0.3, 0.4) is 0 Å². The second-order valence-corrected chi connectivity index (χ2v) is 4.08. The second-order valence-electron chi connectivity index (χ2n) is 4.08. The van der Waals surface area contributed by atoms with Crippen molar-refractivity contribution in [1.29, 1.82) is 0 Å². The van der Waals surface area contributed by atoms with Gasteiger partial charge in [-0.3, -0.25) is 4.98 Å². The first-order chi connectivity index (χ1) is 7.15. The molecule has 0 saturated carbocycles. The maximum Gasteiger partial charge on any atom is 0.0856 e. The van der Waals surface area contributed by atoms with E-state index in [1.54, 1.807) is 19.5 Å². The van der Waals surface area contributed by atoms with E-state index in [4.69, 9.17) is 4.74 Å². The van der Waals surface area contributed by atoms with Crippen LogP contribution in [0.2, 0.25) is 0 Å². The first-order valence-corrected chi connectivity index (χ1v) is 5.25. The minimum atomic E-state index is -0.473. The van der Waals surface area contributed by atoms with Crippen LogP contribution in [0.5, 0.6) is 0 Å². The standard InChI is InChI=1S/C12H19NO2/c1-9(2)12(15-3)11(14)7-10-5-4-6-13-8-10/h4-6,8-9,11-12,14H,7H2,1-3H3. The van der Waals surface area contributed by atoms with E-state index in [0.717, 1.165) is 5.56 Å². The highest BCUT2D eigenvalue weighted by Crippen LogP contribution is 2.14.